The topological polar surface area (TPSA) is 86.3 Å². The molecule has 0 bridgehead atoms. The molecule has 0 amide bonds. The van der Waals surface area contributed by atoms with E-state index in [0.717, 1.165) is 12.1 Å². The Morgan fingerprint density at radius 3 is 2.52 bits per heavy atom. The molecule has 0 aliphatic rings. The van der Waals surface area contributed by atoms with Gasteiger partial charge in [-0.25, -0.2) is 12.8 Å². The van der Waals surface area contributed by atoms with Gasteiger partial charge < -0.3 is 9.90 Å². The van der Waals surface area contributed by atoms with Crippen molar-refractivity contribution in [1.29, 1.82) is 0 Å². The number of carbonyl (C=O) groups is 1. The van der Waals surface area contributed by atoms with Crippen LogP contribution in [0.25, 0.3) is 0 Å². The number of nitrogens with one attached hydrogen (secondary N) is 1. The van der Waals surface area contributed by atoms with E-state index in [1.54, 1.807) is 12.1 Å². The van der Waals surface area contributed by atoms with Gasteiger partial charge in [0.15, 0.2) is 0 Å². The first-order chi connectivity index (χ1) is 9.79. The van der Waals surface area contributed by atoms with Crippen LogP contribution >= 0.6 is 15.9 Å². The molecule has 2 aromatic rings. The SMILES string of the molecule is O=C([O-])c1ccc(F)c(S(=O)(=O)Nc2cccc(Br)c2)c1. The molecule has 0 spiro atoms. The van der Waals surface area contributed by atoms with Crippen LogP contribution in [0.2, 0.25) is 0 Å². The molecule has 5 nitrogen and oxygen atoms in total. The molecule has 110 valence electrons. The summed E-state index contributed by atoms with van der Waals surface area (Å²) in [4.78, 5) is 9.98. The minimum Gasteiger partial charge on any atom is -0.545 e. The first kappa shape index (κ1) is 15.5. The summed E-state index contributed by atoms with van der Waals surface area (Å²) >= 11 is 3.18. The largest absolute Gasteiger partial charge is 0.545 e. The highest BCUT2D eigenvalue weighted by molar-refractivity contribution is 9.10. The molecule has 8 heteroatoms. The second kappa shape index (κ2) is 5.82. The Balaban J connectivity index is 2.44. The zero-order valence-corrected chi connectivity index (χ0v) is 12.7. The summed E-state index contributed by atoms with van der Waals surface area (Å²) in [6, 6.07) is 8.65. The number of hydrogen-bond acceptors (Lipinski definition) is 4. The van der Waals surface area contributed by atoms with E-state index in [1.807, 2.05) is 0 Å². The van der Waals surface area contributed by atoms with E-state index < -0.39 is 32.3 Å². The fourth-order valence-electron chi connectivity index (χ4n) is 1.60. The van der Waals surface area contributed by atoms with E-state index >= 15 is 0 Å². The van der Waals surface area contributed by atoms with Crippen molar-refractivity contribution >= 4 is 37.6 Å². The highest BCUT2D eigenvalue weighted by Crippen LogP contribution is 2.22. The van der Waals surface area contributed by atoms with Gasteiger partial charge in [0.25, 0.3) is 10.0 Å². The molecular weight excluding hydrogens is 365 g/mol. The third kappa shape index (κ3) is 3.59. The highest BCUT2D eigenvalue weighted by Gasteiger charge is 2.20. The van der Waals surface area contributed by atoms with Crippen LogP contribution in [0, 0.1) is 5.82 Å². The molecule has 0 radical (unpaired) electrons. The van der Waals surface area contributed by atoms with Crippen LogP contribution in [0.5, 0.6) is 0 Å². The maximum atomic E-state index is 13.7. The van der Waals surface area contributed by atoms with Gasteiger partial charge >= 0.3 is 0 Å². The molecule has 2 aromatic carbocycles. The first-order valence-corrected chi connectivity index (χ1v) is 7.86. The molecule has 0 fully saturated rings. The van der Waals surface area contributed by atoms with Crippen LogP contribution in [0.15, 0.2) is 51.8 Å². The van der Waals surface area contributed by atoms with E-state index in [0.29, 0.717) is 10.5 Å². The normalized spacial score (nSPS) is 11.1. The van der Waals surface area contributed by atoms with E-state index in [9.17, 15) is 22.7 Å². The van der Waals surface area contributed by atoms with Crippen molar-refractivity contribution in [3.63, 3.8) is 0 Å². The average Bonchev–Trinajstić information content (AvgIpc) is 2.38. The third-order valence-electron chi connectivity index (χ3n) is 2.53. The molecule has 0 aromatic heterocycles. The maximum Gasteiger partial charge on any atom is 0.264 e. The van der Waals surface area contributed by atoms with Crippen molar-refractivity contribution < 1.29 is 22.7 Å². The molecule has 0 aliphatic heterocycles. The average molecular weight is 373 g/mol. The zero-order valence-electron chi connectivity index (χ0n) is 10.3. The lowest BCUT2D eigenvalue weighted by Crippen LogP contribution is -2.23. The predicted octanol–water partition coefficient (Wildman–Crippen LogP) is 1.75. The Morgan fingerprint density at radius 2 is 1.90 bits per heavy atom. The number of hydrogen-bond donors (Lipinski definition) is 1. The summed E-state index contributed by atoms with van der Waals surface area (Å²) in [5, 5.41) is 10.7. The number of carbonyl (C=O) groups excluding carboxylic acids is 1. The quantitative estimate of drug-likeness (QED) is 0.885. The number of aromatic carboxylic acids is 1. The molecule has 0 saturated heterocycles. The molecule has 0 unspecified atom stereocenters. The second-order valence-corrected chi connectivity index (χ2v) is 6.62. The molecule has 0 heterocycles. The van der Waals surface area contributed by atoms with Crippen LogP contribution in [-0.2, 0) is 10.0 Å². The Hall–Kier alpha value is -1.93. The Morgan fingerprint density at radius 1 is 1.19 bits per heavy atom. The summed E-state index contributed by atoms with van der Waals surface area (Å²) in [6.07, 6.45) is 0. The first-order valence-electron chi connectivity index (χ1n) is 5.59. The minimum atomic E-state index is -4.25. The minimum absolute atomic E-state index is 0.211. The Bertz CT molecular complexity index is 808. The molecule has 0 atom stereocenters. The van der Waals surface area contributed by atoms with Crippen molar-refractivity contribution in [2.75, 3.05) is 4.72 Å². The van der Waals surface area contributed by atoms with Crippen molar-refractivity contribution in [2.45, 2.75) is 4.90 Å². The van der Waals surface area contributed by atoms with Gasteiger partial charge in [-0.3, -0.25) is 4.72 Å². The van der Waals surface area contributed by atoms with Crippen molar-refractivity contribution in [2.24, 2.45) is 0 Å². The number of carboxylic acids is 1. The molecule has 1 N–H and O–H groups in total. The number of sulfonamides is 1. The van der Waals surface area contributed by atoms with E-state index in [4.69, 9.17) is 0 Å². The molecular formula is C13H8BrFNO4S-. The molecule has 0 saturated carbocycles. The van der Waals surface area contributed by atoms with Gasteiger partial charge in [-0.1, -0.05) is 28.1 Å². The van der Waals surface area contributed by atoms with Crippen molar-refractivity contribution in [3.05, 3.63) is 58.3 Å². The highest BCUT2D eigenvalue weighted by atomic mass is 79.9. The number of benzene rings is 2. The fraction of sp³-hybridized carbons (Fsp3) is 0. The van der Waals surface area contributed by atoms with Gasteiger partial charge in [-0.2, -0.15) is 0 Å². The van der Waals surface area contributed by atoms with E-state index in [1.165, 1.54) is 12.1 Å². The summed E-state index contributed by atoms with van der Waals surface area (Å²) < 4.78 is 40.7. The van der Waals surface area contributed by atoms with E-state index in [-0.39, 0.29) is 5.69 Å². The third-order valence-corrected chi connectivity index (χ3v) is 4.42. The van der Waals surface area contributed by atoms with Gasteiger partial charge in [0, 0.05) is 10.2 Å². The summed E-state index contributed by atoms with van der Waals surface area (Å²) in [7, 11) is -4.25. The molecule has 0 aliphatic carbocycles. The van der Waals surface area contributed by atoms with Gasteiger partial charge in [0.2, 0.25) is 0 Å². The fourth-order valence-corrected chi connectivity index (χ4v) is 3.15. The van der Waals surface area contributed by atoms with Crippen molar-refractivity contribution in [3.8, 4) is 0 Å². The molecule has 21 heavy (non-hydrogen) atoms. The number of carboxylic acid groups (broad SMARTS) is 1. The van der Waals surface area contributed by atoms with Crippen LogP contribution in [0.3, 0.4) is 0 Å². The number of anilines is 1. The number of halogens is 2. The van der Waals surface area contributed by atoms with E-state index in [2.05, 4.69) is 20.7 Å². The van der Waals surface area contributed by atoms with Crippen LogP contribution in [0.1, 0.15) is 10.4 Å². The summed E-state index contributed by atoms with van der Waals surface area (Å²) in [5.41, 5.74) is -0.214. The maximum absolute atomic E-state index is 13.7. The summed E-state index contributed by atoms with van der Waals surface area (Å²) in [6.45, 7) is 0. The van der Waals surface area contributed by atoms with Crippen LogP contribution < -0.4 is 9.83 Å². The summed E-state index contributed by atoms with van der Waals surface area (Å²) in [5.74, 6) is -2.64. The van der Waals surface area contributed by atoms with Crippen molar-refractivity contribution in [1.82, 2.24) is 0 Å². The second-order valence-electron chi connectivity index (χ2n) is 4.05. The number of rotatable bonds is 4. The van der Waals surface area contributed by atoms with Gasteiger partial charge in [0.1, 0.15) is 10.7 Å². The molecule has 2 rings (SSSR count). The Kier molecular flexibility index (Phi) is 4.29. The smallest absolute Gasteiger partial charge is 0.264 e. The van der Waals surface area contributed by atoms with Gasteiger partial charge in [-0.05, 0) is 35.9 Å². The van der Waals surface area contributed by atoms with Gasteiger partial charge in [0.05, 0.1) is 5.97 Å². The van der Waals surface area contributed by atoms with Gasteiger partial charge in [-0.15, -0.1) is 0 Å². The monoisotopic (exact) mass is 372 g/mol. The lowest BCUT2D eigenvalue weighted by Gasteiger charge is -2.11. The zero-order chi connectivity index (χ0) is 15.6. The van der Waals surface area contributed by atoms with Crippen LogP contribution in [-0.4, -0.2) is 14.4 Å². The lowest BCUT2D eigenvalue weighted by atomic mass is 10.2. The lowest BCUT2D eigenvalue weighted by molar-refractivity contribution is -0.255. The van der Waals surface area contributed by atoms with Crippen LogP contribution in [0.4, 0.5) is 10.1 Å². The Labute approximate surface area is 128 Å². The predicted molar refractivity (Wildman–Crippen MR) is 75.7 cm³/mol. The standard InChI is InChI=1S/C13H9BrFNO4S/c14-9-2-1-3-10(7-9)16-21(19,20)12-6-8(13(17)18)4-5-11(12)15/h1-7,16H,(H,17,18)/p-1.